The molecule has 4 rings (SSSR count). The Balaban J connectivity index is 1.56. The lowest BCUT2D eigenvalue weighted by atomic mass is 10.2. The summed E-state index contributed by atoms with van der Waals surface area (Å²) in [6, 6.07) is 20.2. The Kier molecular flexibility index (Phi) is 11.0. The molecular formula is C30H30IN3O6S. The van der Waals surface area contributed by atoms with Crippen molar-refractivity contribution < 1.29 is 28.5 Å². The van der Waals surface area contributed by atoms with Crippen LogP contribution in [0.3, 0.4) is 0 Å². The topological polar surface area (TPSA) is 98.7 Å². The second-order valence-electron chi connectivity index (χ2n) is 8.62. The van der Waals surface area contributed by atoms with Crippen molar-refractivity contribution in [3.05, 3.63) is 80.8 Å². The number of amidine groups is 1. The first-order chi connectivity index (χ1) is 19.9. The predicted octanol–water partition coefficient (Wildman–Crippen LogP) is 5.97. The Hall–Kier alpha value is -3.55. The number of nitrogens with one attached hydrogen (secondary N) is 1. The third-order valence-corrected chi connectivity index (χ3v) is 7.55. The number of hydrogen-bond acceptors (Lipinski definition) is 8. The van der Waals surface area contributed by atoms with Crippen LogP contribution in [0.2, 0.25) is 0 Å². The van der Waals surface area contributed by atoms with Gasteiger partial charge in [-0.2, -0.15) is 0 Å². The van der Waals surface area contributed by atoms with E-state index in [0.29, 0.717) is 52.7 Å². The van der Waals surface area contributed by atoms with Gasteiger partial charge in [0.1, 0.15) is 5.75 Å². The molecule has 2 amide bonds. The molecule has 0 bridgehead atoms. The lowest BCUT2D eigenvalue weighted by molar-refractivity contribution is -0.122. The average Bonchev–Trinajstić information content (AvgIpc) is 3.25. The molecule has 0 aromatic heterocycles. The molecule has 0 spiro atoms. The third kappa shape index (κ3) is 8.24. The van der Waals surface area contributed by atoms with Crippen LogP contribution in [0.15, 0.2) is 76.6 Å². The Morgan fingerprint density at radius 2 is 1.83 bits per heavy atom. The highest BCUT2D eigenvalue weighted by Crippen LogP contribution is 2.38. The molecule has 3 aromatic rings. The summed E-state index contributed by atoms with van der Waals surface area (Å²) in [4.78, 5) is 32.7. The Morgan fingerprint density at radius 3 is 2.51 bits per heavy atom. The van der Waals surface area contributed by atoms with Gasteiger partial charge < -0.3 is 24.3 Å². The number of methoxy groups -OCH3 is 2. The predicted molar refractivity (Wildman–Crippen MR) is 170 cm³/mol. The van der Waals surface area contributed by atoms with E-state index in [1.165, 1.54) is 11.8 Å². The number of thioether (sulfide) groups is 1. The normalized spacial score (nSPS) is 14.9. The fourth-order valence-electron chi connectivity index (χ4n) is 3.82. The lowest BCUT2D eigenvalue weighted by Crippen LogP contribution is -2.32. The Bertz CT molecular complexity index is 1430. The number of hydrogen-bond donors (Lipinski definition) is 1. The molecule has 0 saturated carbocycles. The minimum Gasteiger partial charge on any atom is -0.497 e. The van der Waals surface area contributed by atoms with Crippen LogP contribution in [0.4, 0.5) is 11.4 Å². The summed E-state index contributed by atoms with van der Waals surface area (Å²) in [7, 11) is 3.20. The molecule has 0 unspecified atom stereocenters. The van der Waals surface area contributed by atoms with Crippen molar-refractivity contribution in [2.75, 3.05) is 45.9 Å². The van der Waals surface area contributed by atoms with Crippen LogP contribution in [0.25, 0.3) is 6.08 Å². The smallest absolute Gasteiger partial charge is 0.266 e. The Morgan fingerprint density at radius 1 is 1.07 bits per heavy atom. The van der Waals surface area contributed by atoms with E-state index in [0.717, 1.165) is 14.9 Å². The number of amides is 2. The number of anilines is 1. The molecule has 1 N–H and O–H groups in total. The van der Waals surface area contributed by atoms with E-state index < -0.39 is 0 Å². The maximum atomic E-state index is 13.4. The van der Waals surface area contributed by atoms with Crippen molar-refractivity contribution >= 4 is 68.8 Å². The summed E-state index contributed by atoms with van der Waals surface area (Å²) in [5.74, 6) is 1.23. The first kappa shape index (κ1) is 30.4. The molecule has 41 heavy (non-hydrogen) atoms. The van der Waals surface area contributed by atoms with Gasteiger partial charge in [-0.3, -0.25) is 14.5 Å². The third-order valence-electron chi connectivity index (χ3n) is 5.74. The van der Waals surface area contributed by atoms with Crippen molar-refractivity contribution in [1.82, 2.24) is 4.90 Å². The van der Waals surface area contributed by atoms with Gasteiger partial charge in [0.2, 0.25) is 0 Å². The number of rotatable bonds is 12. The fourth-order valence-corrected chi connectivity index (χ4v) is 5.63. The maximum Gasteiger partial charge on any atom is 0.266 e. The quantitative estimate of drug-likeness (QED) is 0.185. The largest absolute Gasteiger partial charge is 0.497 e. The summed E-state index contributed by atoms with van der Waals surface area (Å²) in [5.41, 5.74) is 2.15. The molecule has 3 aromatic carbocycles. The van der Waals surface area contributed by atoms with Crippen LogP contribution in [-0.2, 0) is 14.3 Å². The number of aliphatic imine (C=N–C) groups is 1. The van der Waals surface area contributed by atoms with Crippen LogP contribution in [-0.4, -0.2) is 62.5 Å². The lowest BCUT2D eigenvalue weighted by Gasteiger charge is -2.15. The summed E-state index contributed by atoms with van der Waals surface area (Å²) >= 11 is 3.44. The number of carbonyl (C=O) groups excluding carboxylic acids is 2. The number of halogens is 1. The van der Waals surface area contributed by atoms with E-state index in [-0.39, 0.29) is 18.4 Å². The van der Waals surface area contributed by atoms with Gasteiger partial charge >= 0.3 is 0 Å². The number of ether oxygens (including phenoxy) is 4. The molecule has 9 nitrogen and oxygen atoms in total. The molecule has 1 aliphatic rings. The fraction of sp³-hybridized carbons (Fsp3) is 0.233. The maximum absolute atomic E-state index is 13.4. The molecular weight excluding hydrogens is 657 g/mol. The number of carbonyl (C=O) groups is 2. The number of para-hydroxylation sites is 1. The SMILES string of the molecule is CCOc1cc(/C=C2\SC(=Nc3ccc(OC)cc3)N(CCOC)C2=O)cc(I)c1OCC(=O)Nc1ccccc1. The van der Waals surface area contributed by atoms with E-state index >= 15 is 0 Å². The summed E-state index contributed by atoms with van der Waals surface area (Å²) in [6.45, 7) is 2.83. The molecule has 11 heteroatoms. The highest BCUT2D eigenvalue weighted by Gasteiger charge is 2.33. The van der Waals surface area contributed by atoms with Gasteiger partial charge in [-0.25, -0.2) is 4.99 Å². The highest BCUT2D eigenvalue weighted by atomic mass is 127. The molecule has 0 radical (unpaired) electrons. The van der Waals surface area contributed by atoms with E-state index in [4.69, 9.17) is 23.9 Å². The standard InChI is InChI=1S/C30H30IN3O6S/c1-4-39-25-17-20(16-24(31)28(25)40-19-27(35)32-21-8-6-5-7-9-21)18-26-29(36)34(14-15-37-2)30(41-26)33-22-10-12-23(38-3)13-11-22/h5-13,16-18H,4,14-15,19H2,1-3H3,(H,32,35)/b26-18-,33-30?. The second-order valence-corrected chi connectivity index (χ2v) is 10.8. The second kappa shape index (κ2) is 14.9. The zero-order valence-electron chi connectivity index (χ0n) is 22.9. The van der Waals surface area contributed by atoms with Gasteiger partial charge in [0.25, 0.3) is 11.8 Å². The number of benzene rings is 3. The minimum absolute atomic E-state index is 0.162. The summed E-state index contributed by atoms with van der Waals surface area (Å²) in [6.07, 6.45) is 1.81. The molecule has 214 valence electrons. The van der Waals surface area contributed by atoms with Crippen LogP contribution in [0, 0.1) is 3.57 Å². The van der Waals surface area contributed by atoms with Gasteiger partial charge in [-0.1, -0.05) is 18.2 Å². The van der Waals surface area contributed by atoms with Gasteiger partial charge in [-0.15, -0.1) is 0 Å². The van der Waals surface area contributed by atoms with Gasteiger partial charge in [0, 0.05) is 12.8 Å². The molecule has 0 aliphatic carbocycles. The Labute approximate surface area is 257 Å². The first-order valence-corrected chi connectivity index (χ1v) is 14.7. The zero-order valence-corrected chi connectivity index (χ0v) is 25.9. The van der Waals surface area contributed by atoms with Gasteiger partial charge in [0.05, 0.1) is 41.0 Å². The van der Waals surface area contributed by atoms with Crippen molar-refractivity contribution in [3.63, 3.8) is 0 Å². The summed E-state index contributed by atoms with van der Waals surface area (Å²) in [5, 5.41) is 3.37. The van der Waals surface area contributed by atoms with Crippen molar-refractivity contribution in [2.24, 2.45) is 4.99 Å². The van der Waals surface area contributed by atoms with Crippen LogP contribution < -0.4 is 19.5 Å². The molecule has 0 atom stereocenters. The molecule has 1 heterocycles. The van der Waals surface area contributed by atoms with Gasteiger partial charge in [0.15, 0.2) is 23.3 Å². The summed E-state index contributed by atoms with van der Waals surface area (Å²) < 4.78 is 22.9. The zero-order chi connectivity index (χ0) is 29.2. The van der Waals surface area contributed by atoms with Gasteiger partial charge in [-0.05, 0) is 101 Å². The minimum atomic E-state index is -0.284. The van der Waals surface area contributed by atoms with E-state index in [2.05, 4.69) is 27.9 Å². The number of nitrogens with zero attached hydrogens (tertiary/aromatic N) is 2. The molecule has 1 saturated heterocycles. The first-order valence-electron chi connectivity index (χ1n) is 12.8. The van der Waals surface area contributed by atoms with E-state index in [1.807, 2.05) is 55.5 Å². The van der Waals surface area contributed by atoms with E-state index in [1.54, 1.807) is 43.4 Å². The van der Waals surface area contributed by atoms with Crippen LogP contribution in [0.1, 0.15) is 12.5 Å². The van der Waals surface area contributed by atoms with Crippen LogP contribution >= 0.6 is 34.4 Å². The van der Waals surface area contributed by atoms with E-state index in [9.17, 15) is 9.59 Å². The average molecular weight is 688 g/mol. The van der Waals surface area contributed by atoms with Crippen molar-refractivity contribution in [3.8, 4) is 17.2 Å². The van der Waals surface area contributed by atoms with Crippen LogP contribution in [0.5, 0.6) is 17.2 Å². The molecule has 1 fully saturated rings. The highest BCUT2D eigenvalue weighted by molar-refractivity contribution is 14.1. The molecule has 1 aliphatic heterocycles. The monoisotopic (exact) mass is 687 g/mol. The van der Waals surface area contributed by atoms with Crippen molar-refractivity contribution in [1.29, 1.82) is 0 Å². The van der Waals surface area contributed by atoms with Crippen molar-refractivity contribution in [2.45, 2.75) is 6.92 Å².